The summed E-state index contributed by atoms with van der Waals surface area (Å²) in [4.78, 5) is 12.8. The zero-order chi connectivity index (χ0) is 23.0. The number of halogens is 1. The van der Waals surface area contributed by atoms with E-state index < -0.39 is 0 Å². The summed E-state index contributed by atoms with van der Waals surface area (Å²) in [6.45, 7) is 0.675. The van der Waals surface area contributed by atoms with Crippen LogP contribution in [-0.2, 0) is 13.2 Å². The van der Waals surface area contributed by atoms with Gasteiger partial charge in [0.05, 0.1) is 11.4 Å². The van der Waals surface area contributed by atoms with Crippen LogP contribution in [0.15, 0.2) is 97.1 Å². The first-order chi connectivity index (χ1) is 16.1. The number of carbonyl (C=O) groups excluding carboxylic acids is 1. The summed E-state index contributed by atoms with van der Waals surface area (Å²) < 4.78 is 11.9. The standard InChI is InChI=1S/C27H23ClN2O3/c28-22-13-11-21(12-14-22)27(31)30-24-16-25(32-17-19-7-3-1-4-8-19)23(29)15-26(24)33-18-20-9-5-2-6-10-20/h1-16H,17-18,29H2,(H,30,31). The molecule has 3 N–H and O–H groups in total. The van der Waals surface area contributed by atoms with Gasteiger partial charge in [0.2, 0.25) is 0 Å². The Balaban J connectivity index is 1.58. The van der Waals surface area contributed by atoms with Crippen molar-refractivity contribution in [2.45, 2.75) is 13.2 Å². The highest BCUT2D eigenvalue weighted by Gasteiger charge is 2.15. The first-order valence-corrected chi connectivity index (χ1v) is 10.8. The monoisotopic (exact) mass is 458 g/mol. The van der Waals surface area contributed by atoms with E-state index in [1.54, 1.807) is 36.4 Å². The fourth-order valence-corrected chi connectivity index (χ4v) is 3.31. The molecule has 6 heteroatoms. The minimum atomic E-state index is -0.296. The van der Waals surface area contributed by atoms with E-state index in [2.05, 4.69) is 5.32 Å². The number of hydrogen-bond acceptors (Lipinski definition) is 4. The predicted octanol–water partition coefficient (Wildman–Crippen LogP) is 6.33. The zero-order valence-corrected chi connectivity index (χ0v) is 18.6. The second kappa shape index (κ2) is 10.6. The van der Waals surface area contributed by atoms with E-state index in [1.165, 1.54) is 0 Å². The van der Waals surface area contributed by atoms with Crippen LogP contribution >= 0.6 is 11.6 Å². The van der Waals surface area contributed by atoms with Gasteiger partial charge in [-0.2, -0.15) is 0 Å². The van der Waals surface area contributed by atoms with Gasteiger partial charge in [0.25, 0.3) is 5.91 Å². The number of anilines is 2. The maximum atomic E-state index is 12.8. The normalized spacial score (nSPS) is 10.5. The molecule has 0 saturated heterocycles. The molecule has 33 heavy (non-hydrogen) atoms. The van der Waals surface area contributed by atoms with Crippen molar-refractivity contribution in [1.82, 2.24) is 0 Å². The summed E-state index contributed by atoms with van der Waals surface area (Å²) in [6.07, 6.45) is 0. The molecule has 4 rings (SSSR count). The van der Waals surface area contributed by atoms with Gasteiger partial charge in [0.15, 0.2) is 0 Å². The molecule has 0 saturated carbocycles. The lowest BCUT2D eigenvalue weighted by atomic mass is 10.2. The van der Waals surface area contributed by atoms with E-state index in [-0.39, 0.29) is 5.91 Å². The summed E-state index contributed by atoms with van der Waals surface area (Å²) in [5.74, 6) is 0.609. The number of hydrogen-bond donors (Lipinski definition) is 2. The molecule has 4 aromatic carbocycles. The van der Waals surface area contributed by atoms with Gasteiger partial charge in [-0.15, -0.1) is 0 Å². The van der Waals surface area contributed by atoms with Crippen molar-refractivity contribution in [2.24, 2.45) is 0 Å². The van der Waals surface area contributed by atoms with Gasteiger partial charge < -0.3 is 20.5 Å². The number of nitrogens with two attached hydrogens (primary N) is 1. The Bertz CT molecular complexity index is 1210. The summed E-state index contributed by atoms with van der Waals surface area (Å²) in [5, 5.41) is 3.46. The molecule has 0 heterocycles. The molecule has 0 unspecified atom stereocenters. The third kappa shape index (κ3) is 6.05. The van der Waals surface area contributed by atoms with Crippen LogP contribution in [-0.4, -0.2) is 5.91 Å². The minimum Gasteiger partial charge on any atom is -0.487 e. The fourth-order valence-electron chi connectivity index (χ4n) is 3.18. The molecular formula is C27H23ClN2O3. The molecule has 0 aromatic heterocycles. The van der Waals surface area contributed by atoms with Crippen molar-refractivity contribution < 1.29 is 14.3 Å². The lowest BCUT2D eigenvalue weighted by Crippen LogP contribution is -2.13. The molecule has 0 spiro atoms. The number of rotatable bonds is 8. The molecule has 0 radical (unpaired) electrons. The minimum absolute atomic E-state index is 0.296. The summed E-state index contributed by atoms with van der Waals surface area (Å²) in [6, 6.07) is 29.5. The van der Waals surface area contributed by atoms with Crippen LogP contribution in [0.3, 0.4) is 0 Å². The van der Waals surface area contributed by atoms with Crippen molar-refractivity contribution in [3.8, 4) is 11.5 Å². The van der Waals surface area contributed by atoms with Crippen molar-refractivity contribution in [3.05, 3.63) is 119 Å². The molecule has 0 aliphatic rings. The summed E-state index contributed by atoms with van der Waals surface area (Å²) in [5.41, 5.74) is 9.60. The van der Waals surface area contributed by atoms with Crippen molar-refractivity contribution in [1.29, 1.82) is 0 Å². The highest BCUT2D eigenvalue weighted by Crippen LogP contribution is 2.36. The van der Waals surface area contributed by atoms with E-state index >= 15 is 0 Å². The lowest BCUT2D eigenvalue weighted by molar-refractivity contribution is 0.102. The SMILES string of the molecule is Nc1cc(OCc2ccccc2)c(NC(=O)c2ccc(Cl)cc2)cc1OCc1ccccc1. The number of ether oxygens (including phenoxy) is 2. The summed E-state index contributed by atoms with van der Waals surface area (Å²) >= 11 is 5.94. The molecule has 0 aliphatic carbocycles. The highest BCUT2D eigenvalue weighted by molar-refractivity contribution is 6.30. The average Bonchev–Trinajstić information content (AvgIpc) is 2.84. The molecule has 0 fully saturated rings. The summed E-state index contributed by atoms with van der Waals surface area (Å²) in [7, 11) is 0. The highest BCUT2D eigenvalue weighted by atomic mass is 35.5. The van der Waals surface area contributed by atoms with Crippen LogP contribution in [0.2, 0.25) is 5.02 Å². The van der Waals surface area contributed by atoms with E-state index in [1.807, 2.05) is 60.7 Å². The third-order valence-corrected chi connectivity index (χ3v) is 5.19. The number of nitrogens with one attached hydrogen (secondary N) is 1. The van der Waals surface area contributed by atoms with Gasteiger partial charge in [-0.25, -0.2) is 0 Å². The van der Waals surface area contributed by atoms with Gasteiger partial charge in [0.1, 0.15) is 24.7 Å². The molecule has 0 atom stereocenters. The van der Waals surface area contributed by atoms with E-state index in [0.717, 1.165) is 11.1 Å². The Morgan fingerprint density at radius 3 is 1.88 bits per heavy atom. The quantitative estimate of drug-likeness (QED) is 0.302. The van der Waals surface area contributed by atoms with Crippen LogP contribution < -0.4 is 20.5 Å². The fraction of sp³-hybridized carbons (Fsp3) is 0.0741. The molecule has 5 nitrogen and oxygen atoms in total. The molecule has 1 amide bonds. The Hall–Kier alpha value is -3.96. The van der Waals surface area contributed by atoms with E-state index in [0.29, 0.717) is 46.7 Å². The lowest BCUT2D eigenvalue weighted by Gasteiger charge is -2.17. The van der Waals surface area contributed by atoms with Crippen molar-refractivity contribution >= 4 is 28.9 Å². The molecule has 0 aliphatic heterocycles. The van der Waals surface area contributed by atoms with Gasteiger partial charge in [-0.1, -0.05) is 72.3 Å². The smallest absolute Gasteiger partial charge is 0.255 e. The van der Waals surface area contributed by atoms with E-state index in [4.69, 9.17) is 26.8 Å². The van der Waals surface area contributed by atoms with Gasteiger partial charge in [-0.3, -0.25) is 4.79 Å². The number of amides is 1. The number of benzene rings is 4. The van der Waals surface area contributed by atoms with Crippen molar-refractivity contribution in [3.63, 3.8) is 0 Å². The van der Waals surface area contributed by atoms with Crippen LogP contribution in [0, 0.1) is 0 Å². The Morgan fingerprint density at radius 2 is 1.30 bits per heavy atom. The average molecular weight is 459 g/mol. The Morgan fingerprint density at radius 1 is 0.758 bits per heavy atom. The number of carbonyl (C=O) groups is 1. The molecular weight excluding hydrogens is 436 g/mol. The third-order valence-electron chi connectivity index (χ3n) is 4.94. The maximum Gasteiger partial charge on any atom is 0.255 e. The van der Waals surface area contributed by atoms with Crippen LogP contribution in [0.5, 0.6) is 11.5 Å². The van der Waals surface area contributed by atoms with Gasteiger partial charge in [0, 0.05) is 22.7 Å². The molecule has 166 valence electrons. The zero-order valence-electron chi connectivity index (χ0n) is 17.8. The topological polar surface area (TPSA) is 73.6 Å². The Kier molecular flexibility index (Phi) is 7.12. The van der Waals surface area contributed by atoms with Gasteiger partial charge >= 0.3 is 0 Å². The first kappa shape index (κ1) is 22.2. The molecule has 0 bridgehead atoms. The van der Waals surface area contributed by atoms with Crippen LogP contribution in [0.4, 0.5) is 11.4 Å². The van der Waals surface area contributed by atoms with Gasteiger partial charge in [-0.05, 0) is 35.4 Å². The van der Waals surface area contributed by atoms with Crippen LogP contribution in [0.1, 0.15) is 21.5 Å². The van der Waals surface area contributed by atoms with Crippen LogP contribution in [0.25, 0.3) is 0 Å². The maximum absolute atomic E-state index is 12.8. The largest absolute Gasteiger partial charge is 0.487 e. The Labute approximate surface area is 197 Å². The second-order valence-electron chi connectivity index (χ2n) is 7.40. The number of nitrogen functional groups attached to an aromatic ring is 1. The molecule has 4 aromatic rings. The van der Waals surface area contributed by atoms with Crippen molar-refractivity contribution in [2.75, 3.05) is 11.1 Å². The predicted molar refractivity (Wildman–Crippen MR) is 132 cm³/mol. The first-order valence-electron chi connectivity index (χ1n) is 10.4. The second-order valence-corrected chi connectivity index (χ2v) is 7.83. The van der Waals surface area contributed by atoms with E-state index in [9.17, 15) is 4.79 Å².